The van der Waals surface area contributed by atoms with Crippen LogP contribution in [0.5, 0.6) is 11.5 Å². The van der Waals surface area contributed by atoms with Crippen LogP contribution in [0.25, 0.3) is 0 Å². The van der Waals surface area contributed by atoms with Crippen LogP contribution in [-0.4, -0.2) is 61.6 Å². The highest BCUT2D eigenvalue weighted by Gasteiger charge is 2.39. The van der Waals surface area contributed by atoms with Crippen molar-refractivity contribution in [3.8, 4) is 11.5 Å². The molecule has 0 aromatic heterocycles. The summed E-state index contributed by atoms with van der Waals surface area (Å²) < 4.78 is 30.6. The molecule has 5 rings (SSSR count). The van der Waals surface area contributed by atoms with Crippen molar-refractivity contribution >= 4 is 23.4 Å². The van der Waals surface area contributed by atoms with Crippen LogP contribution in [0, 0.1) is 5.82 Å². The van der Waals surface area contributed by atoms with Gasteiger partial charge < -0.3 is 29.7 Å². The highest BCUT2D eigenvalue weighted by molar-refractivity contribution is 6.05. The molecule has 2 heterocycles. The van der Waals surface area contributed by atoms with Gasteiger partial charge in [-0.05, 0) is 66.9 Å². The first-order valence-corrected chi connectivity index (χ1v) is 13.5. The van der Waals surface area contributed by atoms with Crippen molar-refractivity contribution < 1.29 is 33.0 Å². The van der Waals surface area contributed by atoms with Crippen molar-refractivity contribution in [2.24, 2.45) is 0 Å². The molecule has 0 aliphatic carbocycles. The topological polar surface area (TPSA) is 106 Å². The summed E-state index contributed by atoms with van der Waals surface area (Å²) in [4.78, 5) is 40.5. The number of hydrogen-bond donors (Lipinski definition) is 2. The van der Waals surface area contributed by atoms with Gasteiger partial charge in [0.25, 0.3) is 11.8 Å². The third-order valence-electron chi connectivity index (χ3n) is 7.42. The Hall–Kier alpha value is -4.44. The molecule has 10 heteroatoms. The van der Waals surface area contributed by atoms with E-state index in [1.807, 2.05) is 0 Å². The summed E-state index contributed by atoms with van der Waals surface area (Å²) in [5.41, 5.74) is 2.04. The third kappa shape index (κ3) is 6.66. The molecule has 3 amide bonds. The number of halogens is 1. The summed E-state index contributed by atoms with van der Waals surface area (Å²) in [6.07, 6.45) is 0.701. The summed E-state index contributed by atoms with van der Waals surface area (Å²) in [5.74, 6) is -0.103. The Morgan fingerprint density at radius 1 is 1.07 bits per heavy atom. The van der Waals surface area contributed by atoms with E-state index in [4.69, 9.17) is 14.2 Å². The molecule has 2 aliphatic heterocycles. The maximum absolute atomic E-state index is 13.5. The predicted molar refractivity (Wildman–Crippen MR) is 150 cm³/mol. The molecule has 2 aliphatic rings. The molecule has 9 nitrogen and oxygen atoms in total. The van der Waals surface area contributed by atoms with Crippen molar-refractivity contribution in [3.05, 3.63) is 89.2 Å². The van der Waals surface area contributed by atoms with Crippen molar-refractivity contribution in [2.75, 3.05) is 26.1 Å². The van der Waals surface area contributed by atoms with Gasteiger partial charge in [0, 0.05) is 24.8 Å². The number of nitrogens with zero attached hydrogens (tertiary/aromatic N) is 1. The zero-order valence-electron chi connectivity index (χ0n) is 22.9. The van der Waals surface area contributed by atoms with E-state index in [9.17, 15) is 18.8 Å². The molecule has 1 fully saturated rings. The molecule has 214 valence electrons. The van der Waals surface area contributed by atoms with E-state index in [0.717, 1.165) is 5.56 Å². The summed E-state index contributed by atoms with van der Waals surface area (Å²) in [5, 5.41) is 5.68. The van der Waals surface area contributed by atoms with Gasteiger partial charge in [-0.1, -0.05) is 18.2 Å². The number of hydrogen-bond acceptors (Lipinski definition) is 6. The molecule has 0 radical (unpaired) electrons. The van der Waals surface area contributed by atoms with Gasteiger partial charge in [-0.2, -0.15) is 0 Å². The van der Waals surface area contributed by atoms with Crippen molar-refractivity contribution in [1.82, 2.24) is 10.2 Å². The molecule has 0 bridgehead atoms. The first kappa shape index (κ1) is 28.1. The van der Waals surface area contributed by atoms with Gasteiger partial charge in [0.1, 0.15) is 30.0 Å². The van der Waals surface area contributed by atoms with Crippen LogP contribution < -0.4 is 20.1 Å². The molecule has 41 heavy (non-hydrogen) atoms. The van der Waals surface area contributed by atoms with Gasteiger partial charge >= 0.3 is 0 Å². The Kier molecular flexibility index (Phi) is 8.49. The molecular weight excluding hydrogens is 529 g/mol. The quantitative estimate of drug-likeness (QED) is 0.449. The normalized spacial score (nSPS) is 20.0. The highest BCUT2D eigenvalue weighted by Crippen LogP contribution is 2.32. The zero-order chi connectivity index (χ0) is 28.9. The molecule has 3 aromatic carbocycles. The molecule has 0 unspecified atom stereocenters. The molecule has 3 atom stereocenters. The van der Waals surface area contributed by atoms with Gasteiger partial charge in [-0.15, -0.1) is 0 Å². The molecule has 1 saturated heterocycles. The lowest BCUT2D eigenvalue weighted by Gasteiger charge is -2.42. The van der Waals surface area contributed by atoms with Gasteiger partial charge in [-0.25, -0.2) is 4.39 Å². The third-order valence-corrected chi connectivity index (χ3v) is 7.42. The lowest BCUT2D eigenvalue weighted by atomic mass is 9.94. The molecular formula is C31H32FN3O6. The smallest absolute Gasteiger partial charge is 0.257 e. The number of amides is 3. The number of rotatable bonds is 7. The van der Waals surface area contributed by atoms with E-state index in [-0.39, 0.29) is 48.7 Å². The van der Waals surface area contributed by atoms with Gasteiger partial charge in [0.2, 0.25) is 5.91 Å². The van der Waals surface area contributed by atoms with Crippen LogP contribution >= 0.6 is 0 Å². The van der Waals surface area contributed by atoms with Crippen molar-refractivity contribution in [2.45, 2.75) is 44.1 Å². The second-order valence-corrected chi connectivity index (χ2v) is 10.2. The monoisotopic (exact) mass is 561 g/mol. The molecule has 3 aromatic rings. The van der Waals surface area contributed by atoms with E-state index in [1.54, 1.807) is 66.5 Å². The van der Waals surface area contributed by atoms with E-state index in [2.05, 4.69) is 10.6 Å². The fraction of sp³-hybridized carbons (Fsp3) is 0.323. The minimum Gasteiger partial charge on any atom is -0.497 e. The summed E-state index contributed by atoms with van der Waals surface area (Å²) in [6.45, 7) is 0.509. The number of carbonyl (C=O) groups is 3. The van der Waals surface area contributed by atoms with Crippen LogP contribution in [0.2, 0.25) is 0 Å². The Morgan fingerprint density at radius 2 is 1.88 bits per heavy atom. The SMILES string of the molecule is COc1cccc(C(=O)Nc2ccc3c(c2)C(=O)N(C)[C@@H]2CC[C@@H](CC(=O)NCc4ccc(F)cc4)O[C@H]2CO3)c1. The number of methoxy groups -OCH3 is 1. The predicted octanol–water partition coefficient (Wildman–Crippen LogP) is 4.17. The number of carbonyl (C=O) groups excluding carboxylic acids is 3. The number of nitrogens with one attached hydrogen (secondary N) is 2. The van der Waals surface area contributed by atoms with E-state index in [1.165, 1.54) is 19.2 Å². The van der Waals surface area contributed by atoms with Gasteiger partial charge in [0.15, 0.2) is 0 Å². The van der Waals surface area contributed by atoms with Crippen LogP contribution in [0.1, 0.15) is 45.5 Å². The maximum Gasteiger partial charge on any atom is 0.257 e. The lowest BCUT2D eigenvalue weighted by molar-refractivity contribution is -0.134. The molecule has 2 N–H and O–H groups in total. The summed E-state index contributed by atoms with van der Waals surface area (Å²) in [6, 6.07) is 17.5. The van der Waals surface area contributed by atoms with Crippen LogP contribution in [0.4, 0.5) is 10.1 Å². The average molecular weight is 562 g/mol. The lowest BCUT2D eigenvalue weighted by Crippen LogP contribution is -2.53. The number of likely N-dealkylation sites (N-methyl/N-ethyl adjacent to an activating group) is 1. The highest BCUT2D eigenvalue weighted by atomic mass is 19.1. The van der Waals surface area contributed by atoms with Crippen LogP contribution in [0.15, 0.2) is 66.7 Å². The minimum absolute atomic E-state index is 0.164. The molecule has 0 spiro atoms. The second-order valence-electron chi connectivity index (χ2n) is 10.2. The average Bonchev–Trinajstić information content (AvgIpc) is 2.99. The first-order chi connectivity index (χ1) is 19.8. The Bertz CT molecular complexity index is 1430. The standard InChI is InChI=1S/C31H32FN3O6/c1-35-26-12-11-24(16-29(36)33-17-19-6-8-21(32)9-7-19)41-28(26)18-40-27-13-10-22(15-25(27)31(35)38)34-30(37)20-4-3-5-23(14-20)39-2/h3-10,13-15,24,26,28H,11-12,16-18H2,1-2H3,(H,33,36)(H,34,37)/t24-,26+,28-/m0/s1. The van der Waals surface area contributed by atoms with Gasteiger partial charge in [0.05, 0.1) is 31.2 Å². The first-order valence-electron chi connectivity index (χ1n) is 13.5. The maximum atomic E-state index is 13.5. The van der Waals surface area contributed by atoms with Gasteiger partial charge in [-0.3, -0.25) is 14.4 Å². The second kappa shape index (κ2) is 12.4. The van der Waals surface area contributed by atoms with Crippen molar-refractivity contribution in [1.29, 1.82) is 0 Å². The largest absolute Gasteiger partial charge is 0.497 e. The minimum atomic E-state index is -0.409. The van der Waals surface area contributed by atoms with Crippen LogP contribution in [0.3, 0.4) is 0 Å². The summed E-state index contributed by atoms with van der Waals surface area (Å²) in [7, 11) is 3.26. The Labute approximate surface area is 237 Å². The Morgan fingerprint density at radius 3 is 2.66 bits per heavy atom. The van der Waals surface area contributed by atoms with Crippen molar-refractivity contribution in [3.63, 3.8) is 0 Å². The van der Waals surface area contributed by atoms with E-state index < -0.39 is 6.10 Å². The summed E-state index contributed by atoms with van der Waals surface area (Å²) >= 11 is 0. The number of anilines is 1. The van der Waals surface area contributed by atoms with Crippen LogP contribution in [-0.2, 0) is 16.1 Å². The van der Waals surface area contributed by atoms with E-state index in [0.29, 0.717) is 47.7 Å². The number of benzene rings is 3. The van der Waals surface area contributed by atoms with E-state index >= 15 is 0 Å². The Balaban J connectivity index is 1.21. The fourth-order valence-electron chi connectivity index (χ4n) is 5.15. The molecule has 0 saturated carbocycles. The fourth-order valence-corrected chi connectivity index (χ4v) is 5.15. The zero-order valence-corrected chi connectivity index (χ0v) is 22.9. The number of fused-ring (bicyclic) bond motifs is 2. The number of ether oxygens (including phenoxy) is 3.